The minimum atomic E-state index is 0.945. The van der Waals surface area contributed by atoms with Gasteiger partial charge in [0.2, 0.25) is 0 Å². The molecule has 0 aliphatic rings. The van der Waals surface area contributed by atoms with Gasteiger partial charge in [0.25, 0.3) is 0 Å². The number of nitrogens with zero attached hydrogens (tertiary/aromatic N) is 2. The Balaban J connectivity index is 3.05. The molecule has 6 heavy (non-hydrogen) atoms. The Morgan fingerprint density at radius 3 is 2.83 bits per heavy atom. The summed E-state index contributed by atoms with van der Waals surface area (Å²) in [6.45, 7) is 0. The van der Waals surface area contributed by atoms with Crippen molar-refractivity contribution in [2.45, 2.75) is 0 Å². The molecular weight excluding hydrogens is 187 g/mol. The van der Waals surface area contributed by atoms with E-state index in [4.69, 9.17) is 0 Å². The molecule has 1 heterocycles. The van der Waals surface area contributed by atoms with Gasteiger partial charge in [-0.2, -0.15) is 0 Å². The molecule has 0 aliphatic carbocycles. The van der Waals surface area contributed by atoms with Crippen LogP contribution in [0.3, 0.4) is 0 Å². The van der Waals surface area contributed by atoms with E-state index in [2.05, 4.69) is 14.9 Å². The van der Waals surface area contributed by atoms with Gasteiger partial charge in [0.15, 0.2) is 0 Å². The number of rotatable bonds is 0. The topological polar surface area (TPSA) is 38.9 Å². The Morgan fingerprint density at radius 1 is 1.83 bits per heavy atom. The summed E-state index contributed by atoms with van der Waals surface area (Å²) >= 11 is 0.985. The molecule has 0 bridgehead atoms. The van der Waals surface area contributed by atoms with Crippen molar-refractivity contribution in [3.05, 3.63) is 6.26 Å². The van der Waals surface area contributed by atoms with Gasteiger partial charge < -0.3 is 0 Å². The molecule has 30 valence electrons. The maximum absolute atomic E-state index is 4.39. The van der Waals surface area contributed by atoms with Gasteiger partial charge in [0.1, 0.15) is 0 Å². The first kappa shape index (κ1) is 4.11. The zero-order valence-corrected chi connectivity index (χ0v) is 6.25. The van der Waals surface area contributed by atoms with Crippen molar-refractivity contribution in [1.82, 2.24) is 10.4 Å². The Kier molecular flexibility index (Phi) is 1.09. The average Bonchev–Trinajstić information content (AvgIpc) is 1.86. The van der Waals surface area contributed by atoms with Crippen molar-refractivity contribution in [2.24, 2.45) is 0 Å². The summed E-state index contributed by atoms with van der Waals surface area (Å²) < 4.78 is 5.33. The van der Waals surface area contributed by atoms with E-state index < -0.39 is 0 Å². The van der Waals surface area contributed by atoms with Crippen molar-refractivity contribution in [1.29, 1.82) is 0 Å². The molecule has 0 saturated carbocycles. The van der Waals surface area contributed by atoms with Crippen LogP contribution in [0.2, 0.25) is 0 Å². The standard InChI is InChI=1S/C2HN2O.Sn.H/c1-2-5-4-3-1;;/h2H;;. The number of hydrogen-bond acceptors (Lipinski definition) is 3. The van der Waals surface area contributed by atoms with Gasteiger partial charge >= 0.3 is 47.4 Å². The first-order chi connectivity index (χ1) is 2.89. The Hall–Kier alpha value is -0.0613. The van der Waals surface area contributed by atoms with E-state index in [0.29, 0.717) is 0 Å². The van der Waals surface area contributed by atoms with Crippen LogP contribution >= 0.6 is 0 Å². The molecule has 0 amide bonds. The zero-order valence-electron chi connectivity index (χ0n) is 2.96. The van der Waals surface area contributed by atoms with Gasteiger partial charge in [-0.15, -0.1) is 0 Å². The van der Waals surface area contributed by atoms with Crippen LogP contribution < -0.4 is 3.71 Å². The summed E-state index contributed by atoms with van der Waals surface area (Å²) in [7, 11) is 0. The summed E-state index contributed by atoms with van der Waals surface area (Å²) in [6.07, 6.45) is 1.54. The summed E-state index contributed by atoms with van der Waals surface area (Å²) in [6, 6.07) is 0. The summed E-state index contributed by atoms with van der Waals surface area (Å²) in [4.78, 5) is 0. The zero-order chi connectivity index (χ0) is 4.41. The number of aromatic nitrogens is 2. The first-order valence-corrected chi connectivity index (χ1v) is 3.07. The van der Waals surface area contributed by atoms with Gasteiger partial charge in [0.05, 0.1) is 0 Å². The first-order valence-electron chi connectivity index (χ1n) is 1.42. The van der Waals surface area contributed by atoms with Crippen molar-refractivity contribution >= 4 is 26.2 Å². The molecule has 4 heteroatoms. The molecule has 1 rings (SSSR count). The quantitative estimate of drug-likeness (QED) is 0.470. The fraction of sp³-hybridized carbons (Fsp3) is 0. The number of hydrogen-bond donors (Lipinski definition) is 0. The summed E-state index contributed by atoms with van der Waals surface area (Å²) in [5, 5.41) is 6.79. The summed E-state index contributed by atoms with van der Waals surface area (Å²) in [5.41, 5.74) is 0. The fourth-order valence-electron chi connectivity index (χ4n) is 0.172. The van der Waals surface area contributed by atoms with Gasteiger partial charge in [-0.25, -0.2) is 0 Å². The normalized spacial score (nSPS) is 8.83. The van der Waals surface area contributed by atoms with E-state index in [0.717, 1.165) is 26.2 Å². The molecular formula is C2H2N2OSn. The Bertz CT molecular complexity index is 115. The van der Waals surface area contributed by atoms with Crippen molar-refractivity contribution in [3.63, 3.8) is 0 Å². The Morgan fingerprint density at radius 2 is 2.67 bits per heavy atom. The second-order valence-electron chi connectivity index (χ2n) is 0.830. The van der Waals surface area contributed by atoms with Crippen LogP contribution in [-0.2, 0) is 0 Å². The minimum absolute atomic E-state index is 0.945. The van der Waals surface area contributed by atoms with Gasteiger partial charge in [0, 0.05) is 0 Å². The van der Waals surface area contributed by atoms with Gasteiger partial charge in [-0.3, -0.25) is 0 Å². The molecule has 0 fully saturated rings. The molecule has 1 aromatic rings. The maximum atomic E-state index is 4.39. The van der Waals surface area contributed by atoms with Crippen LogP contribution in [0.1, 0.15) is 0 Å². The van der Waals surface area contributed by atoms with Crippen LogP contribution in [0, 0.1) is 0 Å². The van der Waals surface area contributed by atoms with Crippen molar-refractivity contribution < 1.29 is 4.52 Å². The molecule has 1 aromatic heterocycles. The molecule has 0 aliphatic heterocycles. The van der Waals surface area contributed by atoms with E-state index in [1.165, 1.54) is 0 Å². The monoisotopic (exact) mass is 190 g/mol. The van der Waals surface area contributed by atoms with Crippen LogP contribution in [0.5, 0.6) is 0 Å². The van der Waals surface area contributed by atoms with E-state index in [-0.39, 0.29) is 0 Å². The summed E-state index contributed by atoms with van der Waals surface area (Å²) in [5.74, 6) is 0. The van der Waals surface area contributed by atoms with Crippen molar-refractivity contribution in [2.75, 3.05) is 0 Å². The van der Waals surface area contributed by atoms with Gasteiger partial charge in [-0.1, -0.05) is 0 Å². The van der Waals surface area contributed by atoms with E-state index >= 15 is 0 Å². The molecule has 2 radical (unpaired) electrons. The van der Waals surface area contributed by atoms with E-state index in [1.54, 1.807) is 6.26 Å². The predicted molar refractivity (Wildman–Crippen MR) is 21.1 cm³/mol. The molecule has 0 spiro atoms. The second kappa shape index (κ2) is 1.59. The Labute approximate surface area is 47.8 Å². The SMILES string of the molecule is [SnH][c]1conn1. The van der Waals surface area contributed by atoms with E-state index in [1.807, 2.05) is 0 Å². The van der Waals surface area contributed by atoms with Gasteiger partial charge in [-0.05, 0) is 0 Å². The molecule has 0 saturated heterocycles. The molecule has 0 N–H and O–H groups in total. The van der Waals surface area contributed by atoms with Crippen molar-refractivity contribution in [3.8, 4) is 0 Å². The molecule has 0 aromatic carbocycles. The third-order valence-corrected chi connectivity index (χ3v) is 1.09. The fourth-order valence-corrected chi connectivity index (χ4v) is 0.480. The van der Waals surface area contributed by atoms with Crippen LogP contribution in [0.4, 0.5) is 0 Å². The van der Waals surface area contributed by atoms with Crippen LogP contribution in [0.15, 0.2) is 10.8 Å². The van der Waals surface area contributed by atoms with Crippen LogP contribution in [-0.4, -0.2) is 32.9 Å². The second-order valence-corrected chi connectivity index (χ2v) is 2.52. The van der Waals surface area contributed by atoms with Crippen LogP contribution in [0.25, 0.3) is 0 Å². The molecule has 3 nitrogen and oxygen atoms in total. The molecule has 0 unspecified atom stereocenters. The predicted octanol–water partition coefficient (Wildman–Crippen LogP) is -1.40. The molecule has 0 atom stereocenters. The average molecular weight is 189 g/mol. The third kappa shape index (κ3) is 0.706. The van der Waals surface area contributed by atoms with E-state index in [9.17, 15) is 0 Å². The third-order valence-electron chi connectivity index (χ3n) is 0.377.